The van der Waals surface area contributed by atoms with Crippen molar-refractivity contribution in [2.75, 3.05) is 5.73 Å². The van der Waals surface area contributed by atoms with E-state index in [-0.39, 0.29) is 11.2 Å². The van der Waals surface area contributed by atoms with Gasteiger partial charge in [-0.05, 0) is 13.0 Å². The van der Waals surface area contributed by atoms with Gasteiger partial charge in [0, 0.05) is 18.6 Å². The first-order valence-corrected chi connectivity index (χ1v) is 4.18. The molecule has 14 heavy (non-hydrogen) atoms. The normalized spacial score (nSPS) is 10.7. The van der Waals surface area contributed by atoms with E-state index < -0.39 is 0 Å². The van der Waals surface area contributed by atoms with Crippen LogP contribution in [0.3, 0.4) is 0 Å². The number of hydrogen-bond donors (Lipinski definition) is 1. The van der Waals surface area contributed by atoms with E-state index in [2.05, 4.69) is 9.97 Å². The Morgan fingerprint density at radius 3 is 2.93 bits per heavy atom. The average molecular weight is 190 g/mol. The highest BCUT2D eigenvalue weighted by Gasteiger charge is 2.05. The molecule has 5 heteroatoms. The lowest BCUT2D eigenvalue weighted by atomic mass is 10.3. The largest absolute Gasteiger partial charge is 0.394 e. The van der Waals surface area contributed by atoms with Crippen molar-refractivity contribution in [1.82, 2.24) is 14.5 Å². The number of pyridine rings is 1. The summed E-state index contributed by atoms with van der Waals surface area (Å²) in [6, 6.07) is 1.59. The highest BCUT2D eigenvalue weighted by molar-refractivity contribution is 5.77. The fraction of sp³-hybridized carbons (Fsp3) is 0.222. The summed E-state index contributed by atoms with van der Waals surface area (Å²) in [6.07, 6.45) is 1.66. The fourth-order valence-corrected chi connectivity index (χ4v) is 1.36. The summed E-state index contributed by atoms with van der Waals surface area (Å²) in [5.74, 6) is 0.636. The molecule has 0 atom stereocenters. The maximum absolute atomic E-state index is 11.5. The lowest BCUT2D eigenvalue weighted by Gasteiger charge is -2.04. The molecule has 0 aliphatic rings. The van der Waals surface area contributed by atoms with Crippen molar-refractivity contribution in [1.29, 1.82) is 0 Å². The van der Waals surface area contributed by atoms with Crippen molar-refractivity contribution >= 4 is 16.7 Å². The van der Waals surface area contributed by atoms with Gasteiger partial charge in [-0.15, -0.1) is 0 Å². The maximum Gasteiger partial charge on any atom is 0.275 e. The van der Waals surface area contributed by atoms with Crippen LogP contribution >= 0.6 is 0 Å². The third-order valence-electron chi connectivity index (χ3n) is 2.10. The Bertz CT molecular complexity index is 558. The Balaban J connectivity index is 2.99. The van der Waals surface area contributed by atoms with Crippen molar-refractivity contribution in [3.8, 4) is 0 Å². The molecule has 0 radical (unpaired) electrons. The molecule has 0 amide bonds. The van der Waals surface area contributed by atoms with Gasteiger partial charge in [0.2, 0.25) is 0 Å². The van der Waals surface area contributed by atoms with Crippen LogP contribution in [0.25, 0.3) is 11.0 Å². The number of aryl methyl sites for hydroxylation is 2. The minimum Gasteiger partial charge on any atom is -0.394 e. The fourth-order valence-electron chi connectivity index (χ4n) is 1.36. The summed E-state index contributed by atoms with van der Waals surface area (Å²) in [5, 5.41) is 0.773. The molecule has 0 unspecified atom stereocenters. The van der Waals surface area contributed by atoms with Crippen LogP contribution in [0.4, 0.5) is 5.69 Å². The first-order valence-electron chi connectivity index (χ1n) is 4.18. The van der Waals surface area contributed by atoms with E-state index in [0.29, 0.717) is 11.5 Å². The number of rotatable bonds is 0. The Labute approximate surface area is 80.2 Å². The summed E-state index contributed by atoms with van der Waals surface area (Å²) in [7, 11) is 1.65. The van der Waals surface area contributed by atoms with E-state index in [4.69, 9.17) is 5.73 Å². The topological polar surface area (TPSA) is 73.8 Å². The van der Waals surface area contributed by atoms with E-state index in [1.807, 2.05) is 0 Å². The third-order valence-corrected chi connectivity index (χ3v) is 2.10. The van der Waals surface area contributed by atoms with Crippen molar-refractivity contribution in [3.63, 3.8) is 0 Å². The molecule has 5 nitrogen and oxygen atoms in total. The van der Waals surface area contributed by atoms with Crippen LogP contribution in [-0.2, 0) is 7.05 Å². The smallest absolute Gasteiger partial charge is 0.275 e. The van der Waals surface area contributed by atoms with Gasteiger partial charge < -0.3 is 5.73 Å². The molecule has 0 aliphatic carbocycles. The van der Waals surface area contributed by atoms with Crippen LogP contribution in [0.2, 0.25) is 0 Å². The van der Waals surface area contributed by atoms with Gasteiger partial charge in [-0.25, -0.2) is 9.97 Å². The molecular weight excluding hydrogens is 180 g/mol. The van der Waals surface area contributed by atoms with Crippen LogP contribution in [0, 0.1) is 6.92 Å². The van der Waals surface area contributed by atoms with Gasteiger partial charge in [0.25, 0.3) is 5.56 Å². The highest BCUT2D eigenvalue weighted by Crippen LogP contribution is 2.09. The van der Waals surface area contributed by atoms with Gasteiger partial charge in [-0.2, -0.15) is 0 Å². The van der Waals surface area contributed by atoms with E-state index in [0.717, 1.165) is 5.39 Å². The summed E-state index contributed by atoms with van der Waals surface area (Å²) >= 11 is 0. The van der Waals surface area contributed by atoms with E-state index in [1.54, 1.807) is 26.2 Å². The minimum atomic E-state index is -0.226. The van der Waals surface area contributed by atoms with Gasteiger partial charge in [0.15, 0.2) is 0 Å². The molecule has 0 bridgehead atoms. The van der Waals surface area contributed by atoms with Gasteiger partial charge in [0.05, 0.1) is 5.69 Å². The summed E-state index contributed by atoms with van der Waals surface area (Å²) in [6.45, 7) is 1.78. The van der Waals surface area contributed by atoms with Crippen LogP contribution in [0.15, 0.2) is 17.1 Å². The lowest BCUT2D eigenvalue weighted by molar-refractivity contribution is 0.879. The average Bonchev–Trinajstić information content (AvgIpc) is 2.16. The molecule has 0 saturated heterocycles. The zero-order valence-electron chi connectivity index (χ0n) is 7.98. The summed E-state index contributed by atoms with van der Waals surface area (Å²) < 4.78 is 1.43. The zero-order chi connectivity index (χ0) is 10.3. The molecule has 2 N–H and O–H groups in total. The Morgan fingerprint density at radius 2 is 2.21 bits per heavy atom. The first-order chi connectivity index (χ1) is 6.59. The summed E-state index contributed by atoms with van der Waals surface area (Å²) in [5.41, 5.74) is 6.13. The second-order valence-electron chi connectivity index (χ2n) is 3.16. The Kier molecular flexibility index (Phi) is 1.73. The number of nitrogen functional groups attached to an aromatic ring is 1. The molecule has 0 fully saturated rings. The van der Waals surface area contributed by atoms with Gasteiger partial charge >= 0.3 is 0 Å². The SMILES string of the molecule is Cc1ncc2cc(N)c(=O)n(C)c2n1. The van der Waals surface area contributed by atoms with Crippen molar-refractivity contribution < 1.29 is 0 Å². The van der Waals surface area contributed by atoms with Crippen LogP contribution in [-0.4, -0.2) is 14.5 Å². The molecule has 0 spiro atoms. The van der Waals surface area contributed by atoms with Gasteiger partial charge in [-0.1, -0.05) is 0 Å². The van der Waals surface area contributed by atoms with E-state index in [9.17, 15) is 4.79 Å². The quantitative estimate of drug-likeness (QED) is 0.644. The van der Waals surface area contributed by atoms with Gasteiger partial charge in [0.1, 0.15) is 11.5 Å². The molecule has 2 aromatic rings. The minimum absolute atomic E-state index is 0.215. The van der Waals surface area contributed by atoms with Crippen molar-refractivity contribution in [2.45, 2.75) is 6.92 Å². The molecular formula is C9H10N4O. The summed E-state index contributed by atoms with van der Waals surface area (Å²) in [4.78, 5) is 19.7. The second kappa shape index (κ2) is 2.80. The van der Waals surface area contributed by atoms with E-state index in [1.165, 1.54) is 4.57 Å². The highest BCUT2D eigenvalue weighted by atomic mass is 16.1. The van der Waals surface area contributed by atoms with Crippen molar-refractivity contribution in [2.24, 2.45) is 7.05 Å². The van der Waals surface area contributed by atoms with Crippen LogP contribution in [0.5, 0.6) is 0 Å². The molecule has 2 heterocycles. The van der Waals surface area contributed by atoms with Gasteiger partial charge in [-0.3, -0.25) is 9.36 Å². The Hall–Kier alpha value is -1.91. The number of anilines is 1. The monoisotopic (exact) mass is 190 g/mol. The van der Waals surface area contributed by atoms with E-state index >= 15 is 0 Å². The number of aromatic nitrogens is 3. The Morgan fingerprint density at radius 1 is 1.50 bits per heavy atom. The molecule has 2 aromatic heterocycles. The molecule has 72 valence electrons. The standard InChI is InChI=1S/C9H10N4O/c1-5-11-4-6-3-7(10)9(14)13(2)8(6)12-5/h3-4H,10H2,1-2H3. The predicted octanol–water partition coefficient (Wildman–Crippen LogP) is 0.219. The number of hydrogen-bond acceptors (Lipinski definition) is 4. The lowest BCUT2D eigenvalue weighted by Crippen LogP contribution is -2.21. The van der Waals surface area contributed by atoms with Crippen LogP contribution in [0.1, 0.15) is 5.82 Å². The van der Waals surface area contributed by atoms with Crippen LogP contribution < -0.4 is 11.3 Å². The van der Waals surface area contributed by atoms with Crippen molar-refractivity contribution in [3.05, 3.63) is 28.4 Å². The number of nitrogens with two attached hydrogens (primary N) is 1. The number of fused-ring (bicyclic) bond motifs is 1. The third kappa shape index (κ3) is 1.14. The zero-order valence-corrected chi connectivity index (χ0v) is 7.98. The molecule has 2 rings (SSSR count). The molecule has 0 aromatic carbocycles. The first kappa shape index (κ1) is 8.68. The second-order valence-corrected chi connectivity index (χ2v) is 3.16. The molecule has 0 aliphatic heterocycles. The number of nitrogens with zero attached hydrogens (tertiary/aromatic N) is 3. The molecule has 0 saturated carbocycles. The maximum atomic E-state index is 11.5. The predicted molar refractivity (Wildman–Crippen MR) is 53.9 cm³/mol.